The Morgan fingerprint density at radius 2 is 2.07 bits per heavy atom. The maximum absolute atomic E-state index is 11.8. The minimum absolute atomic E-state index is 0.0296. The summed E-state index contributed by atoms with van der Waals surface area (Å²) in [5.74, 6) is 1.19. The van der Waals surface area contributed by atoms with Gasteiger partial charge < -0.3 is 20.5 Å². The summed E-state index contributed by atoms with van der Waals surface area (Å²) >= 11 is 0. The van der Waals surface area contributed by atoms with E-state index >= 15 is 0 Å². The Bertz CT molecular complexity index is 624. The molecule has 7 nitrogen and oxygen atoms in total. The Morgan fingerprint density at radius 1 is 1.26 bits per heavy atom. The normalized spacial score (nSPS) is 26.0. The fraction of sp³-hybridized carbons (Fsp3) is 0.650. The molecule has 2 aliphatic rings. The summed E-state index contributed by atoms with van der Waals surface area (Å²) in [7, 11) is 0. The highest BCUT2D eigenvalue weighted by molar-refractivity contribution is 5.85. The van der Waals surface area contributed by atoms with E-state index in [1.807, 2.05) is 6.08 Å². The molecule has 148 valence electrons. The maximum Gasteiger partial charge on any atom is 0.303 e. The molecule has 0 unspecified atom stereocenters. The Kier molecular flexibility index (Phi) is 7.86. The van der Waals surface area contributed by atoms with Crippen LogP contribution in [-0.2, 0) is 19.1 Å². The largest absolute Gasteiger partial charge is 0.481 e. The van der Waals surface area contributed by atoms with E-state index in [-0.39, 0.29) is 48.8 Å². The molecule has 2 fully saturated rings. The summed E-state index contributed by atoms with van der Waals surface area (Å²) in [6, 6.07) is 0. The van der Waals surface area contributed by atoms with Gasteiger partial charge in [0.15, 0.2) is 0 Å². The van der Waals surface area contributed by atoms with Gasteiger partial charge in [-0.3, -0.25) is 14.4 Å². The minimum Gasteiger partial charge on any atom is -0.481 e. The van der Waals surface area contributed by atoms with Gasteiger partial charge in [-0.25, -0.2) is 0 Å². The predicted molar refractivity (Wildman–Crippen MR) is 99.7 cm³/mol. The lowest BCUT2D eigenvalue weighted by Gasteiger charge is -2.25. The lowest BCUT2D eigenvalue weighted by Crippen LogP contribution is -2.40. The Hall–Kier alpha value is -2.33. The van der Waals surface area contributed by atoms with Crippen LogP contribution in [0, 0.1) is 18.3 Å². The van der Waals surface area contributed by atoms with Gasteiger partial charge in [0.05, 0.1) is 24.7 Å². The first-order valence-corrected chi connectivity index (χ1v) is 9.45. The molecule has 0 saturated carbocycles. The lowest BCUT2D eigenvalue weighted by atomic mass is 9.79. The van der Waals surface area contributed by atoms with Crippen LogP contribution < -0.4 is 10.6 Å². The number of ether oxygens (including phenoxy) is 1. The number of carbonyl (C=O) groups is 3. The molecule has 2 amide bonds. The molecule has 0 aliphatic carbocycles. The quantitative estimate of drug-likeness (QED) is 0.287. The third-order valence-electron chi connectivity index (χ3n) is 5.13. The van der Waals surface area contributed by atoms with Crippen molar-refractivity contribution in [2.75, 3.05) is 13.1 Å². The Balaban J connectivity index is 1.67. The van der Waals surface area contributed by atoms with Crippen LogP contribution in [0.4, 0.5) is 0 Å². The number of carboxylic acids is 1. The van der Waals surface area contributed by atoms with Crippen LogP contribution in [0.1, 0.15) is 51.4 Å². The summed E-state index contributed by atoms with van der Waals surface area (Å²) in [5, 5.41) is 14.0. The van der Waals surface area contributed by atoms with E-state index in [4.69, 9.17) is 16.3 Å². The molecule has 3 N–H and O–H groups in total. The lowest BCUT2D eigenvalue weighted by molar-refractivity contribution is -0.137. The second-order valence-electron chi connectivity index (χ2n) is 7.27. The fourth-order valence-electron chi connectivity index (χ4n) is 3.80. The zero-order chi connectivity index (χ0) is 19.7. The van der Waals surface area contributed by atoms with Crippen molar-refractivity contribution in [1.82, 2.24) is 10.6 Å². The van der Waals surface area contributed by atoms with Crippen molar-refractivity contribution in [3.8, 4) is 12.3 Å². The Morgan fingerprint density at radius 3 is 2.81 bits per heavy atom. The second kappa shape index (κ2) is 10.1. The number of allylic oxidation sites excluding steroid dienone is 1. The predicted octanol–water partition coefficient (Wildman–Crippen LogP) is 1.38. The number of aliphatic carboxylic acids is 1. The van der Waals surface area contributed by atoms with Gasteiger partial charge >= 0.3 is 5.97 Å². The van der Waals surface area contributed by atoms with E-state index in [9.17, 15) is 14.4 Å². The first kappa shape index (κ1) is 21.0. The van der Waals surface area contributed by atoms with Crippen LogP contribution in [0.2, 0.25) is 0 Å². The molecule has 3 atom stereocenters. The van der Waals surface area contributed by atoms with Crippen LogP contribution in [0.15, 0.2) is 12.2 Å². The summed E-state index contributed by atoms with van der Waals surface area (Å²) < 4.78 is 6.19. The number of rotatable bonds is 11. The molecule has 2 rings (SSSR count). The number of hydrogen-bond acceptors (Lipinski definition) is 4. The van der Waals surface area contributed by atoms with Crippen molar-refractivity contribution >= 4 is 17.8 Å². The number of fused-ring (bicyclic) bond motifs is 2. The molecule has 0 spiro atoms. The molecular weight excluding hydrogens is 348 g/mol. The summed E-state index contributed by atoms with van der Waals surface area (Å²) in [4.78, 5) is 33.6. The molecule has 0 aromatic carbocycles. The minimum atomic E-state index is -0.764. The molecule has 2 bridgehead atoms. The first-order chi connectivity index (χ1) is 12.9. The van der Waals surface area contributed by atoms with Crippen molar-refractivity contribution in [2.24, 2.45) is 5.92 Å². The van der Waals surface area contributed by atoms with E-state index in [2.05, 4.69) is 22.6 Å². The number of hydrogen-bond donors (Lipinski definition) is 3. The monoisotopic (exact) mass is 376 g/mol. The van der Waals surface area contributed by atoms with Crippen molar-refractivity contribution in [1.29, 1.82) is 0 Å². The molecule has 7 heteroatoms. The topological polar surface area (TPSA) is 105 Å². The standard InChI is InChI=1S/C20H28N2O5/c1-2-7-17(23)22-14-18(24)21-13-15-12-20(11-9-16(15)27-20)10-6-4-3-5-8-19(25)26/h1,4,6,15-16H,3,5,7-14H2,(H,21,24)(H,22,23)(H,25,26)/t15-,16+,20-/m0/s1. The van der Waals surface area contributed by atoms with Crippen LogP contribution in [0.25, 0.3) is 0 Å². The van der Waals surface area contributed by atoms with Crippen LogP contribution in [0.3, 0.4) is 0 Å². The highest BCUT2D eigenvalue weighted by Gasteiger charge is 2.50. The first-order valence-electron chi connectivity index (χ1n) is 9.45. The van der Waals surface area contributed by atoms with E-state index in [1.165, 1.54) is 0 Å². The van der Waals surface area contributed by atoms with Crippen molar-refractivity contribution < 1.29 is 24.2 Å². The highest BCUT2D eigenvalue weighted by atomic mass is 16.5. The van der Waals surface area contributed by atoms with Crippen molar-refractivity contribution in [3.05, 3.63) is 12.2 Å². The molecular formula is C20H28N2O5. The third kappa shape index (κ3) is 6.72. The van der Waals surface area contributed by atoms with Crippen LogP contribution in [-0.4, -0.2) is 47.7 Å². The SMILES string of the molecule is C#CCC(=O)NCC(=O)NC[C@@H]1C[C@]2(CC=CCCCC(=O)O)CC[C@H]1O2. The van der Waals surface area contributed by atoms with Crippen molar-refractivity contribution in [3.63, 3.8) is 0 Å². The smallest absolute Gasteiger partial charge is 0.303 e. The molecule has 0 aromatic rings. The number of carbonyl (C=O) groups excluding carboxylic acids is 2. The van der Waals surface area contributed by atoms with Gasteiger partial charge in [-0.15, -0.1) is 6.42 Å². The maximum atomic E-state index is 11.8. The summed E-state index contributed by atoms with van der Waals surface area (Å²) in [6.45, 7) is 0.474. The zero-order valence-corrected chi connectivity index (χ0v) is 15.5. The van der Waals surface area contributed by atoms with Gasteiger partial charge in [-0.2, -0.15) is 0 Å². The van der Waals surface area contributed by atoms with E-state index in [1.54, 1.807) is 0 Å². The van der Waals surface area contributed by atoms with E-state index < -0.39 is 5.97 Å². The molecule has 0 aromatic heterocycles. The number of terminal acetylenes is 1. The average Bonchev–Trinajstić information content (AvgIpc) is 3.19. The van der Waals surface area contributed by atoms with Gasteiger partial charge in [0.25, 0.3) is 0 Å². The highest BCUT2D eigenvalue weighted by Crippen LogP contribution is 2.48. The summed E-state index contributed by atoms with van der Waals surface area (Å²) in [5.41, 5.74) is -0.148. The second-order valence-corrected chi connectivity index (χ2v) is 7.27. The molecule has 27 heavy (non-hydrogen) atoms. The zero-order valence-electron chi connectivity index (χ0n) is 15.5. The van der Waals surface area contributed by atoms with Gasteiger partial charge in [0, 0.05) is 18.9 Å². The van der Waals surface area contributed by atoms with E-state index in [0.29, 0.717) is 13.0 Å². The molecule has 2 aliphatic heterocycles. The summed E-state index contributed by atoms with van der Waals surface area (Å²) in [6.07, 6.45) is 14.6. The molecule has 2 saturated heterocycles. The van der Waals surface area contributed by atoms with Gasteiger partial charge in [0.2, 0.25) is 11.8 Å². The molecule has 2 heterocycles. The number of amides is 2. The van der Waals surface area contributed by atoms with Crippen LogP contribution in [0.5, 0.6) is 0 Å². The number of carboxylic acid groups (broad SMARTS) is 1. The van der Waals surface area contributed by atoms with E-state index in [0.717, 1.165) is 32.1 Å². The number of unbranched alkanes of at least 4 members (excludes halogenated alkanes) is 1. The average molecular weight is 376 g/mol. The molecule has 0 radical (unpaired) electrons. The van der Waals surface area contributed by atoms with Gasteiger partial charge in [-0.05, 0) is 38.5 Å². The van der Waals surface area contributed by atoms with Crippen LogP contribution >= 0.6 is 0 Å². The van der Waals surface area contributed by atoms with Crippen molar-refractivity contribution in [2.45, 2.75) is 63.1 Å². The Labute approximate surface area is 159 Å². The van der Waals surface area contributed by atoms with Gasteiger partial charge in [0.1, 0.15) is 0 Å². The fourth-order valence-corrected chi connectivity index (χ4v) is 3.80. The number of nitrogens with one attached hydrogen (secondary N) is 2. The van der Waals surface area contributed by atoms with Gasteiger partial charge in [-0.1, -0.05) is 18.1 Å². The third-order valence-corrected chi connectivity index (χ3v) is 5.13.